The molecule has 0 aromatic heterocycles. The second-order valence-electron chi connectivity index (χ2n) is 3.24. The van der Waals surface area contributed by atoms with Crippen molar-refractivity contribution in [2.24, 2.45) is 0 Å². The fraction of sp³-hybridized carbons (Fsp3) is 0.917. The Morgan fingerprint density at radius 2 is 2.36 bits per heavy atom. The number of esters is 1. The molecule has 0 N–H and O–H groups in total. The molecular weight excluding hydrogens is 176 g/mol. The van der Waals surface area contributed by atoms with E-state index in [1.807, 2.05) is 6.92 Å². The molecule has 0 aliphatic carbocycles. The highest BCUT2D eigenvalue weighted by atomic mass is 16.5. The summed E-state index contributed by atoms with van der Waals surface area (Å²) in [5, 5.41) is 0. The highest BCUT2D eigenvalue weighted by Crippen LogP contribution is 2.19. The van der Waals surface area contributed by atoms with Crippen LogP contribution in [0.4, 0.5) is 0 Å². The van der Waals surface area contributed by atoms with Crippen LogP contribution >= 0.6 is 0 Å². The van der Waals surface area contributed by atoms with E-state index in [4.69, 9.17) is 9.60 Å². The SMILES string of the molecule is [2H]C1([2H])CC([2H])([2H])C([2H])(C([2H])([2H])CCCCCC)OC1=O. The Morgan fingerprint density at radius 3 is 3.14 bits per heavy atom. The van der Waals surface area contributed by atoms with Crippen LogP contribution in [-0.2, 0) is 9.53 Å². The third-order valence-electron chi connectivity index (χ3n) is 1.99. The van der Waals surface area contributed by atoms with Gasteiger partial charge < -0.3 is 4.74 Å². The lowest BCUT2D eigenvalue weighted by atomic mass is 10.0. The van der Waals surface area contributed by atoms with Gasteiger partial charge in [0.05, 0.1) is 1.37 Å². The van der Waals surface area contributed by atoms with E-state index >= 15 is 0 Å². The van der Waals surface area contributed by atoms with Crippen LogP contribution in [0, 0.1) is 0 Å². The first-order valence-corrected chi connectivity index (χ1v) is 5.13. The molecule has 82 valence electrons. The zero-order valence-corrected chi connectivity index (χ0v) is 8.56. The molecule has 1 saturated heterocycles. The number of hydrogen-bond acceptors (Lipinski definition) is 2. The summed E-state index contributed by atoms with van der Waals surface area (Å²) in [6, 6.07) is 0. The number of carbonyl (C=O) groups excluding carboxylic acids is 1. The molecule has 0 aromatic carbocycles. The molecule has 2 nitrogen and oxygen atoms in total. The minimum absolute atomic E-state index is 0.105. The van der Waals surface area contributed by atoms with Crippen LogP contribution in [0.3, 0.4) is 0 Å². The molecule has 1 unspecified atom stereocenters. The summed E-state index contributed by atoms with van der Waals surface area (Å²) in [5.74, 6) is -1.37. The Balaban J connectivity index is 2.93. The Hall–Kier alpha value is -0.530. The van der Waals surface area contributed by atoms with Gasteiger partial charge in [-0.05, 0) is 25.6 Å². The standard InChI is InChI=1S/C12H22O2/c1-2-3-4-5-6-8-11-9-7-10-12(13)14-11/h11H,2-10H2,1H3/i8D2,9D2,10D2,11D. The first kappa shape index (κ1) is 5.00. The quantitative estimate of drug-likeness (QED) is 0.490. The Morgan fingerprint density at radius 1 is 1.57 bits per heavy atom. The zero-order chi connectivity index (χ0) is 16.5. The van der Waals surface area contributed by atoms with Crippen LogP contribution in [0.2, 0.25) is 0 Å². The molecule has 0 bridgehead atoms. The van der Waals surface area contributed by atoms with Gasteiger partial charge in [-0.2, -0.15) is 0 Å². The van der Waals surface area contributed by atoms with Crippen LogP contribution in [0.25, 0.3) is 0 Å². The molecule has 0 aromatic rings. The number of unbranched alkanes of at least 4 members (excludes halogenated alkanes) is 3. The van der Waals surface area contributed by atoms with Crippen molar-refractivity contribution in [2.45, 2.75) is 70.6 Å². The molecule has 14 heavy (non-hydrogen) atoms. The van der Waals surface area contributed by atoms with Crippen LogP contribution in [0.15, 0.2) is 0 Å². The summed E-state index contributed by atoms with van der Waals surface area (Å²) in [5.41, 5.74) is 0. The van der Waals surface area contributed by atoms with E-state index in [1.165, 1.54) is 0 Å². The molecule has 0 saturated carbocycles. The van der Waals surface area contributed by atoms with Crippen LogP contribution in [-0.4, -0.2) is 12.0 Å². The maximum absolute atomic E-state index is 11.6. The van der Waals surface area contributed by atoms with Gasteiger partial charge in [-0.1, -0.05) is 32.6 Å². The van der Waals surface area contributed by atoms with E-state index in [9.17, 15) is 4.79 Å². The summed E-state index contributed by atoms with van der Waals surface area (Å²) >= 11 is 0. The van der Waals surface area contributed by atoms with Crippen molar-refractivity contribution in [1.29, 1.82) is 0 Å². The largest absolute Gasteiger partial charge is 0.462 e. The van der Waals surface area contributed by atoms with Crippen molar-refractivity contribution in [1.82, 2.24) is 0 Å². The summed E-state index contributed by atoms with van der Waals surface area (Å²) in [6.07, 6.45) is -8.13. The zero-order valence-electron chi connectivity index (χ0n) is 15.6. The average Bonchev–Trinajstić information content (AvgIpc) is 2.31. The minimum Gasteiger partial charge on any atom is -0.462 e. The first-order valence-electron chi connectivity index (χ1n) is 8.63. The van der Waals surface area contributed by atoms with E-state index in [-0.39, 0.29) is 6.42 Å². The fourth-order valence-corrected chi connectivity index (χ4v) is 1.21. The van der Waals surface area contributed by atoms with E-state index in [2.05, 4.69) is 4.74 Å². The lowest BCUT2D eigenvalue weighted by molar-refractivity contribution is -0.154. The number of carbonyl (C=O) groups is 1. The van der Waals surface area contributed by atoms with Crippen molar-refractivity contribution in [2.75, 3.05) is 0 Å². The van der Waals surface area contributed by atoms with Crippen molar-refractivity contribution in [3.05, 3.63) is 0 Å². The van der Waals surface area contributed by atoms with Crippen LogP contribution in [0.5, 0.6) is 0 Å². The van der Waals surface area contributed by atoms with Gasteiger partial charge >= 0.3 is 5.97 Å². The monoisotopic (exact) mass is 205 g/mol. The van der Waals surface area contributed by atoms with Gasteiger partial charge in [0.25, 0.3) is 0 Å². The second kappa shape index (κ2) is 6.86. The summed E-state index contributed by atoms with van der Waals surface area (Å²) in [7, 11) is 0. The van der Waals surface area contributed by atoms with Gasteiger partial charge in [0.15, 0.2) is 0 Å². The number of ether oxygens (including phenoxy) is 1. The molecule has 0 spiro atoms. The summed E-state index contributed by atoms with van der Waals surface area (Å²) in [6.45, 7) is 2.00. The van der Waals surface area contributed by atoms with Crippen LogP contribution < -0.4 is 0 Å². The first-order chi connectivity index (χ1) is 9.40. The summed E-state index contributed by atoms with van der Waals surface area (Å²) < 4.78 is 59.1. The minimum atomic E-state index is -2.73. The van der Waals surface area contributed by atoms with Gasteiger partial charge in [0.1, 0.15) is 6.08 Å². The maximum Gasteiger partial charge on any atom is 0.306 e. The molecule has 2 heteroatoms. The molecule has 1 rings (SSSR count). The number of hydrogen-bond donors (Lipinski definition) is 0. The molecule has 1 heterocycles. The molecular formula is C12H22O2. The molecule has 1 atom stereocenters. The Kier molecular flexibility index (Phi) is 2.45. The van der Waals surface area contributed by atoms with E-state index in [0.29, 0.717) is 6.42 Å². The molecule has 0 radical (unpaired) electrons. The van der Waals surface area contributed by atoms with Crippen molar-refractivity contribution < 1.29 is 19.1 Å². The highest BCUT2D eigenvalue weighted by Gasteiger charge is 2.19. The van der Waals surface area contributed by atoms with Gasteiger partial charge in [-0.15, -0.1) is 0 Å². The number of cyclic esters (lactones) is 1. The molecule has 1 fully saturated rings. The average molecular weight is 205 g/mol. The van der Waals surface area contributed by atoms with Crippen molar-refractivity contribution >= 4 is 5.97 Å². The predicted molar refractivity (Wildman–Crippen MR) is 57.1 cm³/mol. The van der Waals surface area contributed by atoms with E-state index < -0.39 is 37.6 Å². The highest BCUT2D eigenvalue weighted by molar-refractivity contribution is 5.70. The molecule has 1 aliphatic heterocycles. The van der Waals surface area contributed by atoms with Gasteiger partial charge in [0, 0.05) is 14.6 Å². The molecule has 1 aliphatic rings. The maximum atomic E-state index is 11.6. The fourth-order valence-electron chi connectivity index (χ4n) is 1.21. The number of rotatable bonds is 6. The lowest BCUT2D eigenvalue weighted by Crippen LogP contribution is -2.23. The smallest absolute Gasteiger partial charge is 0.306 e. The topological polar surface area (TPSA) is 26.3 Å². The van der Waals surface area contributed by atoms with E-state index in [1.54, 1.807) is 0 Å². The van der Waals surface area contributed by atoms with Gasteiger partial charge in [0.2, 0.25) is 0 Å². The Labute approximate surface area is 96.9 Å². The summed E-state index contributed by atoms with van der Waals surface area (Å²) in [4.78, 5) is 11.6. The van der Waals surface area contributed by atoms with Crippen molar-refractivity contribution in [3.63, 3.8) is 0 Å². The van der Waals surface area contributed by atoms with Gasteiger partial charge in [-0.3, -0.25) is 4.79 Å². The molecule has 0 amide bonds. The lowest BCUT2D eigenvalue weighted by Gasteiger charge is -2.21. The normalized spacial score (nSPS) is 42.9. The van der Waals surface area contributed by atoms with Gasteiger partial charge in [-0.25, -0.2) is 0 Å². The Bertz CT molecular complexity index is 397. The van der Waals surface area contributed by atoms with E-state index in [0.717, 1.165) is 19.3 Å². The predicted octanol–water partition coefficient (Wildman–Crippen LogP) is 3.44. The van der Waals surface area contributed by atoms with Crippen LogP contribution in [0.1, 0.15) is 74.2 Å². The third-order valence-corrected chi connectivity index (χ3v) is 1.99. The second-order valence-corrected chi connectivity index (χ2v) is 3.24. The third kappa shape index (κ3) is 4.64. The van der Waals surface area contributed by atoms with Crippen molar-refractivity contribution in [3.8, 4) is 0 Å².